The minimum Gasteiger partial charge on any atom is -0.268 e. The molecule has 0 fully saturated rings. The third kappa shape index (κ3) is 2.61. The van der Waals surface area contributed by atoms with Crippen LogP contribution in [0, 0.1) is 0 Å². The summed E-state index contributed by atoms with van der Waals surface area (Å²) in [4.78, 5) is 17.8. The second-order valence-electron chi connectivity index (χ2n) is 5.69. The molecule has 0 unspecified atom stereocenters. The highest BCUT2D eigenvalue weighted by molar-refractivity contribution is 6.01. The molecule has 0 bridgehead atoms. The molecule has 0 aliphatic rings. The summed E-state index contributed by atoms with van der Waals surface area (Å²) in [6, 6.07) is 27.2. The van der Waals surface area contributed by atoms with Gasteiger partial charge in [0.2, 0.25) is 0 Å². The summed E-state index contributed by atoms with van der Waals surface area (Å²) in [5.41, 5.74) is 3.48. The first-order chi connectivity index (χ1) is 11.8. The van der Waals surface area contributed by atoms with Gasteiger partial charge in [0.15, 0.2) is 0 Å². The van der Waals surface area contributed by atoms with Gasteiger partial charge in [-0.15, -0.1) is 0 Å². The molecule has 1 heterocycles. The summed E-state index contributed by atoms with van der Waals surface area (Å²) >= 11 is 0. The van der Waals surface area contributed by atoms with E-state index in [9.17, 15) is 4.79 Å². The molecule has 0 spiro atoms. The molecule has 0 aliphatic carbocycles. The molecule has 1 aromatic heterocycles. The van der Waals surface area contributed by atoms with Crippen LogP contribution in [0.25, 0.3) is 11.0 Å². The average Bonchev–Trinajstić information content (AvgIpc) is 3.00. The van der Waals surface area contributed by atoms with Gasteiger partial charge >= 0.3 is 0 Å². The Labute approximate surface area is 140 Å². The number of benzene rings is 3. The summed E-state index contributed by atoms with van der Waals surface area (Å²) in [5.74, 6) is 0.714. The van der Waals surface area contributed by atoms with Gasteiger partial charge in [-0.25, -0.2) is 4.98 Å². The van der Waals surface area contributed by atoms with Gasteiger partial charge in [-0.05, 0) is 29.8 Å². The number of nitrogens with zero attached hydrogens (tertiary/aromatic N) is 2. The summed E-state index contributed by atoms with van der Waals surface area (Å²) in [7, 11) is 0. The minimum atomic E-state index is -0.0461. The number of carbonyl (C=O) groups excluding carboxylic acids is 1. The summed E-state index contributed by atoms with van der Waals surface area (Å²) in [5, 5.41) is 0. The van der Waals surface area contributed by atoms with Gasteiger partial charge < -0.3 is 0 Å². The first-order valence-corrected chi connectivity index (χ1v) is 7.93. The molecule has 24 heavy (non-hydrogen) atoms. The van der Waals surface area contributed by atoms with Crippen LogP contribution in [0.1, 0.15) is 21.7 Å². The molecule has 0 N–H and O–H groups in total. The number of imidazole rings is 1. The fourth-order valence-corrected chi connectivity index (χ4v) is 2.91. The van der Waals surface area contributed by atoms with Crippen LogP contribution in [-0.4, -0.2) is 15.5 Å². The second kappa shape index (κ2) is 6.13. The number of hydrogen-bond donors (Lipinski definition) is 0. The van der Waals surface area contributed by atoms with E-state index in [1.807, 2.05) is 72.8 Å². The lowest BCUT2D eigenvalue weighted by atomic mass is 10.1. The van der Waals surface area contributed by atoms with Gasteiger partial charge in [0.05, 0.1) is 11.0 Å². The number of fused-ring (bicyclic) bond motifs is 1. The molecule has 0 saturated heterocycles. The Bertz CT molecular complexity index is 988. The zero-order valence-electron chi connectivity index (χ0n) is 13.1. The largest absolute Gasteiger partial charge is 0.268 e. The predicted octanol–water partition coefficient (Wildman–Crippen LogP) is 4.32. The van der Waals surface area contributed by atoms with Gasteiger partial charge in [0.1, 0.15) is 5.82 Å². The zero-order valence-corrected chi connectivity index (χ0v) is 13.1. The third-order valence-electron chi connectivity index (χ3n) is 4.06. The number of rotatable bonds is 3. The summed E-state index contributed by atoms with van der Waals surface area (Å²) in [6.45, 7) is 0. The quantitative estimate of drug-likeness (QED) is 0.565. The molecule has 3 nitrogen and oxygen atoms in total. The van der Waals surface area contributed by atoms with Crippen molar-refractivity contribution in [3.63, 3.8) is 0 Å². The molecule has 0 aliphatic heterocycles. The van der Waals surface area contributed by atoms with E-state index < -0.39 is 0 Å². The van der Waals surface area contributed by atoms with Crippen LogP contribution >= 0.6 is 0 Å². The Morgan fingerprint density at radius 1 is 0.792 bits per heavy atom. The van der Waals surface area contributed by atoms with Crippen LogP contribution in [0.4, 0.5) is 0 Å². The number of carbonyl (C=O) groups is 1. The van der Waals surface area contributed by atoms with Crippen molar-refractivity contribution in [2.45, 2.75) is 6.42 Å². The molecule has 0 saturated carbocycles. The number of hydrogen-bond acceptors (Lipinski definition) is 2. The van der Waals surface area contributed by atoms with Gasteiger partial charge in [0, 0.05) is 12.0 Å². The SMILES string of the molecule is O=C(c1ccccc1)n1c(Cc2ccccc2)nc2ccccc21. The number of aromatic nitrogens is 2. The average molecular weight is 312 g/mol. The molecule has 0 amide bonds. The van der Waals surface area contributed by atoms with E-state index in [0.717, 1.165) is 22.4 Å². The van der Waals surface area contributed by atoms with E-state index in [-0.39, 0.29) is 5.91 Å². The van der Waals surface area contributed by atoms with Crippen molar-refractivity contribution in [2.75, 3.05) is 0 Å². The maximum Gasteiger partial charge on any atom is 0.263 e. The van der Waals surface area contributed by atoms with Crippen LogP contribution in [-0.2, 0) is 6.42 Å². The first kappa shape index (κ1) is 14.4. The van der Waals surface area contributed by atoms with E-state index in [4.69, 9.17) is 4.98 Å². The van der Waals surface area contributed by atoms with Crippen molar-refractivity contribution in [3.05, 3.63) is 102 Å². The first-order valence-electron chi connectivity index (χ1n) is 7.93. The van der Waals surface area contributed by atoms with Gasteiger partial charge in [-0.3, -0.25) is 9.36 Å². The van der Waals surface area contributed by atoms with Crippen LogP contribution in [0.2, 0.25) is 0 Å². The maximum absolute atomic E-state index is 13.1. The molecular formula is C21H16N2O. The number of para-hydroxylation sites is 2. The van der Waals surface area contributed by atoms with Gasteiger partial charge in [-0.1, -0.05) is 60.7 Å². The van der Waals surface area contributed by atoms with Crippen LogP contribution in [0.3, 0.4) is 0 Å². The van der Waals surface area contributed by atoms with E-state index in [1.54, 1.807) is 4.57 Å². The Hall–Kier alpha value is -3.20. The van der Waals surface area contributed by atoms with Crippen molar-refractivity contribution in [1.82, 2.24) is 9.55 Å². The lowest BCUT2D eigenvalue weighted by Gasteiger charge is -2.08. The van der Waals surface area contributed by atoms with Gasteiger partial charge in [0.25, 0.3) is 5.91 Å². The normalized spacial score (nSPS) is 10.8. The topological polar surface area (TPSA) is 34.9 Å². The molecule has 116 valence electrons. The van der Waals surface area contributed by atoms with Crippen molar-refractivity contribution < 1.29 is 4.79 Å². The maximum atomic E-state index is 13.1. The molecule has 0 atom stereocenters. The summed E-state index contributed by atoms with van der Waals surface area (Å²) in [6.07, 6.45) is 0.619. The van der Waals surface area contributed by atoms with E-state index >= 15 is 0 Å². The van der Waals surface area contributed by atoms with Crippen LogP contribution in [0.5, 0.6) is 0 Å². The van der Waals surface area contributed by atoms with Gasteiger partial charge in [-0.2, -0.15) is 0 Å². The smallest absolute Gasteiger partial charge is 0.263 e. The second-order valence-corrected chi connectivity index (χ2v) is 5.69. The third-order valence-corrected chi connectivity index (χ3v) is 4.06. The molecule has 4 aromatic rings. The van der Waals surface area contributed by atoms with Crippen molar-refractivity contribution >= 4 is 16.9 Å². The molecule has 3 aromatic carbocycles. The Morgan fingerprint density at radius 2 is 1.42 bits per heavy atom. The molecule has 3 heteroatoms. The zero-order chi connectivity index (χ0) is 16.4. The molecule has 0 radical (unpaired) electrons. The monoisotopic (exact) mass is 312 g/mol. The highest BCUT2D eigenvalue weighted by atomic mass is 16.2. The highest BCUT2D eigenvalue weighted by Crippen LogP contribution is 2.20. The van der Waals surface area contributed by atoms with E-state index in [2.05, 4.69) is 12.1 Å². The lowest BCUT2D eigenvalue weighted by molar-refractivity contribution is 0.0961. The molecular weight excluding hydrogens is 296 g/mol. The lowest BCUT2D eigenvalue weighted by Crippen LogP contribution is -2.15. The van der Waals surface area contributed by atoms with E-state index in [0.29, 0.717) is 12.0 Å². The Morgan fingerprint density at radius 3 is 2.17 bits per heavy atom. The standard InChI is InChI=1S/C21H16N2O/c24-21(17-11-5-2-6-12-17)23-19-14-8-7-13-18(19)22-20(23)15-16-9-3-1-4-10-16/h1-14H,15H2. The van der Waals surface area contributed by atoms with Crippen molar-refractivity contribution in [1.29, 1.82) is 0 Å². The Balaban J connectivity index is 1.86. The van der Waals surface area contributed by atoms with Crippen LogP contribution < -0.4 is 0 Å². The van der Waals surface area contributed by atoms with E-state index in [1.165, 1.54) is 0 Å². The Kier molecular flexibility index (Phi) is 3.67. The minimum absolute atomic E-state index is 0.0461. The molecule has 4 rings (SSSR count). The van der Waals surface area contributed by atoms with Crippen molar-refractivity contribution in [2.24, 2.45) is 0 Å². The highest BCUT2D eigenvalue weighted by Gasteiger charge is 2.18. The van der Waals surface area contributed by atoms with Crippen molar-refractivity contribution in [3.8, 4) is 0 Å². The summed E-state index contributed by atoms with van der Waals surface area (Å²) < 4.78 is 1.73. The predicted molar refractivity (Wildman–Crippen MR) is 95.2 cm³/mol. The van der Waals surface area contributed by atoms with Crippen LogP contribution in [0.15, 0.2) is 84.9 Å². The fourth-order valence-electron chi connectivity index (χ4n) is 2.91. The fraction of sp³-hybridized carbons (Fsp3) is 0.0476.